The summed E-state index contributed by atoms with van der Waals surface area (Å²) < 4.78 is 0. The van der Waals surface area contributed by atoms with Gasteiger partial charge in [-0.2, -0.15) is 5.10 Å². The van der Waals surface area contributed by atoms with Crippen molar-refractivity contribution in [2.45, 2.75) is 13.8 Å². The van der Waals surface area contributed by atoms with Gasteiger partial charge in [0.2, 0.25) is 0 Å². The van der Waals surface area contributed by atoms with Crippen LogP contribution in [0.2, 0.25) is 0 Å². The standard InChI is InChI=1S/C20H19N3/c1-15-10-11-19-18(13-15)20(14-16(2)22-19)23-21-12-6-9-17-7-4-3-5-8-17/h3-14H,1-2H3,(H,22,23)/b9-6+,21-12+. The molecular formula is C20H19N3. The van der Waals surface area contributed by atoms with Gasteiger partial charge in [-0.1, -0.05) is 48.0 Å². The number of benzene rings is 2. The number of allylic oxidation sites excluding steroid dienone is 1. The van der Waals surface area contributed by atoms with E-state index in [0.717, 1.165) is 27.8 Å². The lowest BCUT2D eigenvalue weighted by Crippen LogP contribution is -1.94. The quantitative estimate of drug-likeness (QED) is 0.546. The maximum Gasteiger partial charge on any atom is 0.0726 e. The Hall–Kier alpha value is -2.94. The van der Waals surface area contributed by atoms with Gasteiger partial charge in [-0.3, -0.25) is 10.4 Å². The Kier molecular flexibility index (Phi) is 4.48. The number of rotatable bonds is 4. The molecule has 0 atom stereocenters. The van der Waals surface area contributed by atoms with Crippen LogP contribution in [0.25, 0.3) is 17.0 Å². The smallest absolute Gasteiger partial charge is 0.0726 e. The largest absolute Gasteiger partial charge is 0.278 e. The normalized spacial score (nSPS) is 11.6. The Morgan fingerprint density at radius 3 is 2.65 bits per heavy atom. The molecule has 0 aliphatic heterocycles. The Bertz CT molecular complexity index is 865. The van der Waals surface area contributed by atoms with E-state index in [1.807, 2.05) is 49.4 Å². The highest BCUT2D eigenvalue weighted by atomic mass is 15.3. The molecule has 3 heteroatoms. The molecule has 0 saturated heterocycles. The first kappa shape index (κ1) is 15.0. The second kappa shape index (κ2) is 6.88. The molecule has 0 amide bonds. The highest BCUT2D eigenvalue weighted by Gasteiger charge is 2.03. The molecule has 0 aliphatic carbocycles. The molecular weight excluding hydrogens is 282 g/mol. The minimum Gasteiger partial charge on any atom is -0.278 e. The molecule has 1 aromatic heterocycles. The third-order valence-electron chi connectivity index (χ3n) is 3.53. The molecule has 3 rings (SSSR count). The summed E-state index contributed by atoms with van der Waals surface area (Å²) in [6, 6.07) is 18.4. The number of pyridine rings is 1. The predicted octanol–water partition coefficient (Wildman–Crippen LogP) is 4.96. The van der Waals surface area contributed by atoms with Crippen molar-refractivity contribution in [2.24, 2.45) is 5.10 Å². The fourth-order valence-electron chi connectivity index (χ4n) is 2.43. The number of hydrazone groups is 1. The van der Waals surface area contributed by atoms with E-state index in [9.17, 15) is 0 Å². The molecule has 0 fully saturated rings. The zero-order chi connectivity index (χ0) is 16.1. The van der Waals surface area contributed by atoms with Crippen molar-refractivity contribution in [2.75, 3.05) is 5.43 Å². The van der Waals surface area contributed by atoms with Crippen LogP contribution >= 0.6 is 0 Å². The fourth-order valence-corrected chi connectivity index (χ4v) is 2.43. The third kappa shape index (κ3) is 3.83. The van der Waals surface area contributed by atoms with Gasteiger partial charge in [0.05, 0.1) is 11.2 Å². The van der Waals surface area contributed by atoms with Crippen LogP contribution in [-0.4, -0.2) is 11.2 Å². The van der Waals surface area contributed by atoms with Crippen molar-refractivity contribution in [3.05, 3.63) is 77.5 Å². The minimum atomic E-state index is 0.971. The van der Waals surface area contributed by atoms with Gasteiger partial charge in [-0.25, -0.2) is 0 Å². The highest BCUT2D eigenvalue weighted by molar-refractivity contribution is 5.92. The van der Waals surface area contributed by atoms with Crippen molar-refractivity contribution < 1.29 is 0 Å². The second-order valence-corrected chi connectivity index (χ2v) is 5.49. The van der Waals surface area contributed by atoms with E-state index in [1.54, 1.807) is 6.21 Å². The van der Waals surface area contributed by atoms with Gasteiger partial charge in [0.15, 0.2) is 0 Å². The van der Waals surface area contributed by atoms with Crippen LogP contribution < -0.4 is 5.43 Å². The zero-order valence-corrected chi connectivity index (χ0v) is 13.3. The van der Waals surface area contributed by atoms with Gasteiger partial charge in [0, 0.05) is 17.3 Å². The molecule has 0 bridgehead atoms. The Balaban J connectivity index is 1.77. The van der Waals surface area contributed by atoms with Crippen molar-refractivity contribution >= 4 is 28.9 Å². The number of hydrogen-bond acceptors (Lipinski definition) is 3. The Labute approximate surface area is 136 Å². The van der Waals surface area contributed by atoms with E-state index >= 15 is 0 Å². The van der Waals surface area contributed by atoms with Gasteiger partial charge in [0.25, 0.3) is 0 Å². The molecule has 0 radical (unpaired) electrons. The molecule has 1 N–H and O–H groups in total. The number of nitrogens with one attached hydrogen (secondary N) is 1. The monoisotopic (exact) mass is 301 g/mol. The Morgan fingerprint density at radius 2 is 1.83 bits per heavy atom. The van der Waals surface area contributed by atoms with Gasteiger partial charge in [-0.15, -0.1) is 0 Å². The molecule has 0 unspecified atom stereocenters. The summed E-state index contributed by atoms with van der Waals surface area (Å²) in [6.07, 6.45) is 5.69. The van der Waals surface area contributed by atoms with Crippen LogP contribution in [-0.2, 0) is 0 Å². The topological polar surface area (TPSA) is 37.3 Å². The van der Waals surface area contributed by atoms with Crippen LogP contribution in [0.15, 0.2) is 65.8 Å². The van der Waals surface area contributed by atoms with E-state index < -0.39 is 0 Å². The molecule has 3 aromatic rings. The fraction of sp³-hybridized carbons (Fsp3) is 0.100. The summed E-state index contributed by atoms with van der Waals surface area (Å²) in [5, 5.41) is 5.37. The SMILES string of the molecule is Cc1ccc2nc(C)cc(N/N=C/C=C/c3ccccc3)c2c1. The maximum absolute atomic E-state index is 4.56. The van der Waals surface area contributed by atoms with Crippen molar-refractivity contribution in [3.63, 3.8) is 0 Å². The summed E-state index contributed by atoms with van der Waals surface area (Å²) in [7, 11) is 0. The van der Waals surface area contributed by atoms with Crippen LogP contribution in [0.1, 0.15) is 16.8 Å². The number of aromatic nitrogens is 1. The van der Waals surface area contributed by atoms with Crippen molar-refractivity contribution in [1.82, 2.24) is 4.98 Å². The average Bonchev–Trinajstić information content (AvgIpc) is 2.56. The van der Waals surface area contributed by atoms with E-state index in [-0.39, 0.29) is 0 Å². The average molecular weight is 301 g/mol. The van der Waals surface area contributed by atoms with Crippen LogP contribution in [0.4, 0.5) is 5.69 Å². The summed E-state index contributed by atoms with van der Waals surface area (Å²) >= 11 is 0. The molecule has 0 aliphatic rings. The van der Waals surface area contributed by atoms with E-state index in [4.69, 9.17) is 0 Å². The zero-order valence-electron chi connectivity index (χ0n) is 13.3. The van der Waals surface area contributed by atoms with Gasteiger partial charge in [-0.05, 0) is 43.7 Å². The first-order valence-electron chi connectivity index (χ1n) is 7.61. The van der Waals surface area contributed by atoms with E-state index in [1.165, 1.54) is 5.56 Å². The first-order chi connectivity index (χ1) is 11.2. The molecule has 23 heavy (non-hydrogen) atoms. The second-order valence-electron chi connectivity index (χ2n) is 5.49. The minimum absolute atomic E-state index is 0.971. The van der Waals surface area contributed by atoms with Crippen LogP contribution in [0.3, 0.4) is 0 Å². The number of hydrogen-bond donors (Lipinski definition) is 1. The number of aryl methyl sites for hydroxylation is 2. The van der Waals surface area contributed by atoms with Gasteiger partial charge < -0.3 is 0 Å². The van der Waals surface area contributed by atoms with Gasteiger partial charge >= 0.3 is 0 Å². The molecule has 0 saturated carbocycles. The maximum atomic E-state index is 4.56. The lowest BCUT2D eigenvalue weighted by molar-refractivity contribution is 1.24. The molecule has 114 valence electrons. The van der Waals surface area contributed by atoms with Crippen molar-refractivity contribution in [3.8, 4) is 0 Å². The van der Waals surface area contributed by atoms with E-state index in [0.29, 0.717) is 0 Å². The predicted molar refractivity (Wildman–Crippen MR) is 98.8 cm³/mol. The number of anilines is 1. The lowest BCUT2D eigenvalue weighted by atomic mass is 10.1. The molecule has 3 nitrogen and oxygen atoms in total. The first-order valence-corrected chi connectivity index (χ1v) is 7.61. The van der Waals surface area contributed by atoms with Crippen LogP contribution in [0.5, 0.6) is 0 Å². The van der Waals surface area contributed by atoms with Gasteiger partial charge in [0.1, 0.15) is 0 Å². The summed E-state index contributed by atoms with van der Waals surface area (Å²) in [6.45, 7) is 4.07. The van der Waals surface area contributed by atoms with Crippen molar-refractivity contribution in [1.29, 1.82) is 0 Å². The molecule has 1 heterocycles. The lowest BCUT2D eigenvalue weighted by Gasteiger charge is -2.07. The highest BCUT2D eigenvalue weighted by Crippen LogP contribution is 2.24. The molecule has 0 spiro atoms. The number of fused-ring (bicyclic) bond motifs is 1. The third-order valence-corrected chi connectivity index (χ3v) is 3.53. The summed E-state index contributed by atoms with van der Waals surface area (Å²) in [5.41, 5.74) is 8.40. The van der Waals surface area contributed by atoms with Crippen LogP contribution in [0, 0.1) is 13.8 Å². The molecule has 2 aromatic carbocycles. The Morgan fingerprint density at radius 1 is 1.00 bits per heavy atom. The number of nitrogens with zero attached hydrogens (tertiary/aromatic N) is 2. The summed E-state index contributed by atoms with van der Waals surface area (Å²) in [4.78, 5) is 4.56. The van der Waals surface area contributed by atoms with E-state index in [2.05, 4.69) is 46.7 Å². The summed E-state index contributed by atoms with van der Waals surface area (Å²) in [5.74, 6) is 0.